The number of hydrogen-bond donors (Lipinski definition) is 0. The second-order valence-electron chi connectivity index (χ2n) is 4.11. The molecule has 0 spiro atoms. The Morgan fingerprint density at radius 1 is 1.37 bits per heavy atom. The Morgan fingerprint density at radius 2 is 2.11 bits per heavy atom. The van der Waals surface area contributed by atoms with E-state index < -0.39 is 0 Å². The SMILES string of the molecule is CCN(Cc1ccc(OC)cc1)C(=O)n1ccnc1. The molecule has 0 aliphatic carbocycles. The van der Waals surface area contributed by atoms with Gasteiger partial charge in [-0.2, -0.15) is 0 Å². The van der Waals surface area contributed by atoms with E-state index in [0.717, 1.165) is 11.3 Å². The zero-order chi connectivity index (χ0) is 13.7. The maximum absolute atomic E-state index is 12.2. The van der Waals surface area contributed by atoms with Crippen LogP contribution in [0.15, 0.2) is 43.0 Å². The van der Waals surface area contributed by atoms with E-state index in [1.54, 1.807) is 24.4 Å². The molecule has 0 unspecified atom stereocenters. The summed E-state index contributed by atoms with van der Waals surface area (Å²) in [5.74, 6) is 0.813. The van der Waals surface area contributed by atoms with Gasteiger partial charge >= 0.3 is 6.03 Å². The van der Waals surface area contributed by atoms with Crippen LogP contribution in [0.5, 0.6) is 5.75 Å². The van der Waals surface area contributed by atoms with Crippen LogP contribution in [-0.2, 0) is 6.54 Å². The highest BCUT2D eigenvalue weighted by Gasteiger charge is 2.13. The van der Waals surface area contributed by atoms with Crippen molar-refractivity contribution in [3.63, 3.8) is 0 Å². The topological polar surface area (TPSA) is 47.4 Å². The van der Waals surface area contributed by atoms with Crippen LogP contribution in [0.1, 0.15) is 12.5 Å². The van der Waals surface area contributed by atoms with E-state index in [-0.39, 0.29) is 6.03 Å². The minimum atomic E-state index is -0.0733. The van der Waals surface area contributed by atoms with Crippen LogP contribution >= 0.6 is 0 Å². The van der Waals surface area contributed by atoms with Crippen molar-refractivity contribution in [1.29, 1.82) is 0 Å². The first-order valence-electron chi connectivity index (χ1n) is 6.14. The van der Waals surface area contributed by atoms with Gasteiger partial charge in [-0.25, -0.2) is 9.78 Å². The normalized spacial score (nSPS) is 10.2. The van der Waals surface area contributed by atoms with Crippen molar-refractivity contribution in [2.24, 2.45) is 0 Å². The van der Waals surface area contributed by atoms with Gasteiger partial charge in [0.1, 0.15) is 12.1 Å². The number of benzene rings is 1. The molecule has 0 saturated carbocycles. The average Bonchev–Trinajstić information content (AvgIpc) is 2.99. The molecule has 1 heterocycles. The smallest absolute Gasteiger partial charge is 0.329 e. The number of hydrogen-bond acceptors (Lipinski definition) is 3. The number of rotatable bonds is 4. The lowest BCUT2D eigenvalue weighted by Crippen LogP contribution is -2.33. The number of carbonyl (C=O) groups is 1. The average molecular weight is 259 g/mol. The fourth-order valence-electron chi connectivity index (χ4n) is 1.80. The molecule has 0 radical (unpaired) electrons. The van der Waals surface area contributed by atoms with Crippen molar-refractivity contribution in [3.8, 4) is 5.75 Å². The molecule has 0 atom stereocenters. The van der Waals surface area contributed by atoms with Crippen molar-refractivity contribution >= 4 is 6.03 Å². The van der Waals surface area contributed by atoms with E-state index in [2.05, 4.69) is 4.98 Å². The van der Waals surface area contributed by atoms with Gasteiger partial charge in [-0.15, -0.1) is 0 Å². The van der Waals surface area contributed by atoms with Gasteiger partial charge in [-0.3, -0.25) is 4.57 Å². The van der Waals surface area contributed by atoms with E-state index in [9.17, 15) is 4.79 Å². The molecule has 0 saturated heterocycles. The lowest BCUT2D eigenvalue weighted by Gasteiger charge is -2.21. The molecule has 5 nitrogen and oxygen atoms in total. The molecule has 0 fully saturated rings. The van der Waals surface area contributed by atoms with Crippen LogP contribution in [0, 0.1) is 0 Å². The molecule has 19 heavy (non-hydrogen) atoms. The number of carbonyl (C=O) groups excluding carboxylic acids is 1. The monoisotopic (exact) mass is 259 g/mol. The molecular weight excluding hydrogens is 242 g/mol. The fourth-order valence-corrected chi connectivity index (χ4v) is 1.80. The summed E-state index contributed by atoms with van der Waals surface area (Å²) < 4.78 is 6.59. The summed E-state index contributed by atoms with van der Waals surface area (Å²) in [6.07, 6.45) is 4.76. The van der Waals surface area contributed by atoms with E-state index >= 15 is 0 Å². The summed E-state index contributed by atoms with van der Waals surface area (Å²) in [6.45, 7) is 3.17. The van der Waals surface area contributed by atoms with Crippen molar-refractivity contribution in [1.82, 2.24) is 14.5 Å². The largest absolute Gasteiger partial charge is 0.497 e. The number of imidazole rings is 1. The summed E-state index contributed by atoms with van der Waals surface area (Å²) in [6, 6.07) is 7.64. The van der Waals surface area contributed by atoms with E-state index in [1.807, 2.05) is 31.2 Å². The van der Waals surface area contributed by atoms with Gasteiger partial charge in [0.25, 0.3) is 0 Å². The molecular formula is C14H17N3O2. The summed E-state index contributed by atoms with van der Waals surface area (Å²) in [7, 11) is 1.63. The van der Waals surface area contributed by atoms with Crippen LogP contribution in [-0.4, -0.2) is 34.1 Å². The number of methoxy groups -OCH3 is 1. The van der Waals surface area contributed by atoms with Gasteiger partial charge in [-0.05, 0) is 24.6 Å². The van der Waals surface area contributed by atoms with Crippen LogP contribution in [0.25, 0.3) is 0 Å². The third kappa shape index (κ3) is 3.13. The Bertz CT molecular complexity index is 520. The molecule has 2 rings (SSSR count). The maximum Gasteiger partial charge on any atom is 0.329 e. The molecule has 5 heteroatoms. The minimum absolute atomic E-state index is 0.0733. The molecule has 1 aromatic heterocycles. The second kappa shape index (κ2) is 6.04. The standard InChI is InChI=1S/C14H17N3O2/c1-3-16(14(18)17-9-8-15-11-17)10-12-4-6-13(19-2)7-5-12/h4-9,11H,3,10H2,1-2H3. The Hall–Kier alpha value is -2.30. The van der Waals surface area contributed by atoms with Gasteiger partial charge in [0.2, 0.25) is 0 Å². The Morgan fingerprint density at radius 3 is 2.63 bits per heavy atom. The van der Waals surface area contributed by atoms with E-state index in [0.29, 0.717) is 13.1 Å². The summed E-state index contributed by atoms with van der Waals surface area (Å²) in [5, 5.41) is 0. The molecule has 0 bridgehead atoms. The van der Waals surface area contributed by atoms with Crippen LogP contribution in [0.3, 0.4) is 0 Å². The minimum Gasteiger partial charge on any atom is -0.497 e. The highest BCUT2D eigenvalue weighted by Crippen LogP contribution is 2.13. The molecule has 0 N–H and O–H groups in total. The van der Waals surface area contributed by atoms with Gasteiger partial charge in [0, 0.05) is 25.5 Å². The number of amides is 1. The zero-order valence-corrected chi connectivity index (χ0v) is 11.1. The Balaban J connectivity index is 2.08. The molecule has 1 aromatic carbocycles. The third-order valence-corrected chi connectivity index (χ3v) is 2.91. The number of ether oxygens (including phenoxy) is 1. The number of nitrogens with zero attached hydrogens (tertiary/aromatic N) is 3. The van der Waals surface area contributed by atoms with Gasteiger partial charge in [0.05, 0.1) is 7.11 Å². The van der Waals surface area contributed by atoms with E-state index in [4.69, 9.17) is 4.74 Å². The molecule has 1 amide bonds. The van der Waals surface area contributed by atoms with Gasteiger partial charge < -0.3 is 9.64 Å². The molecule has 0 aliphatic heterocycles. The van der Waals surface area contributed by atoms with Crippen LogP contribution < -0.4 is 4.74 Å². The lowest BCUT2D eigenvalue weighted by molar-refractivity contribution is 0.200. The van der Waals surface area contributed by atoms with Gasteiger partial charge in [-0.1, -0.05) is 12.1 Å². The van der Waals surface area contributed by atoms with Crippen molar-refractivity contribution in [3.05, 3.63) is 48.5 Å². The zero-order valence-electron chi connectivity index (χ0n) is 11.1. The van der Waals surface area contributed by atoms with Crippen LogP contribution in [0.4, 0.5) is 4.79 Å². The first kappa shape index (κ1) is 13.1. The summed E-state index contributed by atoms with van der Waals surface area (Å²) >= 11 is 0. The quantitative estimate of drug-likeness (QED) is 0.847. The fraction of sp³-hybridized carbons (Fsp3) is 0.286. The predicted octanol–water partition coefficient (Wildman–Crippen LogP) is 2.38. The number of aromatic nitrogens is 2. The molecule has 0 aliphatic rings. The van der Waals surface area contributed by atoms with Crippen molar-refractivity contribution in [2.75, 3.05) is 13.7 Å². The van der Waals surface area contributed by atoms with Crippen molar-refractivity contribution in [2.45, 2.75) is 13.5 Å². The second-order valence-corrected chi connectivity index (χ2v) is 4.11. The molecule has 100 valence electrons. The van der Waals surface area contributed by atoms with Gasteiger partial charge in [0.15, 0.2) is 0 Å². The summed E-state index contributed by atoms with van der Waals surface area (Å²) in [5.41, 5.74) is 1.07. The van der Waals surface area contributed by atoms with Crippen LogP contribution in [0.2, 0.25) is 0 Å². The first-order chi connectivity index (χ1) is 9.24. The lowest BCUT2D eigenvalue weighted by atomic mass is 10.2. The summed E-state index contributed by atoms with van der Waals surface area (Å²) in [4.78, 5) is 17.8. The highest BCUT2D eigenvalue weighted by molar-refractivity contribution is 5.76. The first-order valence-corrected chi connectivity index (χ1v) is 6.14. The Kier molecular flexibility index (Phi) is 4.18. The highest BCUT2D eigenvalue weighted by atomic mass is 16.5. The maximum atomic E-state index is 12.2. The molecule has 2 aromatic rings. The third-order valence-electron chi connectivity index (χ3n) is 2.91. The Labute approximate surface area is 112 Å². The predicted molar refractivity (Wildman–Crippen MR) is 72.1 cm³/mol. The van der Waals surface area contributed by atoms with E-state index in [1.165, 1.54) is 10.9 Å². The van der Waals surface area contributed by atoms with Crippen molar-refractivity contribution < 1.29 is 9.53 Å².